The molecule has 2 amide bonds. The average molecular weight is 258 g/mol. The van der Waals surface area contributed by atoms with Crippen molar-refractivity contribution in [3.05, 3.63) is 0 Å². The predicted octanol–water partition coefficient (Wildman–Crippen LogP) is -1.06. The third kappa shape index (κ3) is 2.41. The molecule has 3 N–H and O–H groups in total. The molecule has 7 nitrogen and oxygen atoms in total. The summed E-state index contributed by atoms with van der Waals surface area (Å²) in [6, 6.07) is -1.30. The molecule has 7 heteroatoms. The van der Waals surface area contributed by atoms with Crippen LogP contribution in [0.2, 0.25) is 0 Å². The number of β-amino-alcohol motifs (C(OH)–C–C–N with tert-alkyl or cyclic N) is 1. The Kier molecular flexibility index (Phi) is 3.72. The molecule has 102 valence electrons. The Morgan fingerprint density at radius 2 is 2.00 bits per heavy atom. The molecule has 2 rings (SSSR count). The number of rotatable bonds is 2. The van der Waals surface area contributed by atoms with E-state index in [9.17, 15) is 14.7 Å². The summed E-state index contributed by atoms with van der Waals surface area (Å²) in [5, 5.41) is 27.5. The maximum atomic E-state index is 12.2. The Balaban J connectivity index is 2.02. The smallest absolute Gasteiger partial charge is 0.326 e. The van der Waals surface area contributed by atoms with Crippen molar-refractivity contribution in [2.45, 2.75) is 25.0 Å². The molecule has 2 heterocycles. The summed E-state index contributed by atoms with van der Waals surface area (Å²) < 4.78 is 0. The second-order valence-electron chi connectivity index (χ2n) is 4.96. The van der Waals surface area contributed by atoms with Gasteiger partial charge in [0, 0.05) is 38.6 Å². The number of aliphatic hydroxyl groups is 2. The van der Waals surface area contributed by atoms with Crippen LogP contribution in [0.25, 0.3) is 0 Å². The van der Waals surface area contributed by atoms with Gasteiger partial charge in [0.25, 0.3) is 0 Å². The Morgan fingerprint density at radius 1 is 1.28 bits per heavy atom. The molecular weight excluding hydrogens is 240 g/mol. The molecule has 0 saturated carbocycles. The van der Waals surface area contributed by atoms with Gasteiger partial charge in [0.2, 0.25) is 0 Å². The second kappa shape index (κ2) is 5.11. The van der Waals surface area contributed by atoms with Crippen molar-refractivity contribution < 1.29 is 24.9 Å². The van der Waals surface area contributed by atoms with Gasteiger partial charge in [-0.3, -0.25) is 0 Å². The largest absolute Gasteiger partial charge is 0.480 e. The van der Waals surface area contributed by atoms with Gasteiger partial charge in [-0.05, 0) is 6.42 Å². The highest BCUT2D eigenvalue weighted by atomic mass is 16.4. The van der Waals surface area contributed by atoms with Crippen LogP contribution in [0.4, 0.5) is 4.79 Å². The molecule has 3 atom stereocenters. The molecule has 0 bridgehead atoms. The van der Waals surface area contributed by atoms with Gasteiger partial charge in [-0.15, -0.1) is 0 Å². The van der Waals surface area contributed by atoms with Gasteiger partial charge in [-0.25, -0.2) is 9.59 Å². The molecule has 0 aromatic carbocycles. The molecular formula is C11H18N2O5. The van der Waals surface area contributed by atoms with E-state index in [0.717, 1.165) is 6.42 Å². The van der Waals surface area contributed by atoms with Crippen LogP contribution < -0.4 is 0 Å². The minimum Gasteiger partial charge on any atom is -0.480 e. The summed E-state index contributed by atoms with van der Waals surface area (Å²) >= 11 is 0. The number of carbonyl (C=O) groups is 2. The third-order valence-corrected chi connectivity index (χ3v) is 3.62. The first-order chi connectivity index (χ1) is 8.52. The number of aliphatic carboxylic acids is 1. The lowest BCUT2D eigenvalue weighted by atomic mass is 10.1. The first-order valence-corrected chi connectivity index (χ1v) is 6.10. The maximum Gasteiger partial charge on any atom is 0.326 e. The molecule has 18 heavy (non-hydrogen) atoms. The van der Waals surface area contributed by atoms with Crippen molar-refractivity contribution >= 4 is 12.0 Å². The van der Waals surface area contributed by atoms with E-state index in [4.69, 9.17) is 10.2 Å². The minimum absolute atomic E-state index is 0.0365. The van der Waals surface area contributed by atoms with Gasteiger partial charge < -0.3 is 25.1 Å². The Morgan fingerprint density at radius 3 is 2.56 bits per heavy atom. The Labute approximate surface area is 105 Å². The number of likely N-dealkylation sites (tertiary alicyclic amines) is 2. The van der Waals surface area contributed by atoms with Crippen LogP contribution in [0.5, 0.6) is 0 Å². The monoisotopic (exact) mass is 258 g/mol. The van der Waals surface area contributed by atoms with Crippen LogP contribution in [0.3, 0.4) is 0 Å². The quantitative estimate of drug-likeness (QED) is 0.586. The summed E-state index contributed by atoms with van der Waals surface area (Å²) in [5.74, 6) is -1.01. The zero-order valence-electron chi connectivity index (χ0n) is 10.0. The van der Waals surface area contributed by atoms with E-state index in [-0.39, 0.29) is 31.5 Å². The lowest BCUT2D eigenvalue weighted by molar-refractivity contribution is -0.141. The van der Waals surface area contributed by atoms with Crippen LogP contribution in [0.15, 0.2) is 0 Å². The van der Waals surface area contributed by atoms with Crippen LogP contribution in [-0.2, 0) is 4.79 Å². The average Bonchev–Trinajstić information content (AvgIpc) is 2.94. The molecule has 2 aliphatic rings. The summed E-state index contributed by atoms with van der Waals surface area (Å²) in [5.41, 5.74) is 0. The number of urea groups is 1. The standard InChI is InChI=1S/C11H18N2O5/c14-6-7-1-2-12(4-7)11(18)13-5-8(15)3-9(13)10(16)17/h7-9,14-15H,1-6H2,(H,16,17)/t7?,8?,9-/m0/s1. The van der Waals surface area contributed by atoms with Crippen LogP contribution in [0.1, 0.15) is 12.8 Å². The van der Waals surface area contributed by atoms with Gasteiger partial charge in [0.15, 0.2) is 0 Å². The Hall–Kier alpha value is -1.34. The number of hydrogen-bond acceptors (Lipinski definition) is 4. The van der Waals surface area contributed by atoms with E-state index in [1.54, 1.807) is 4.90 Å². The fraction of sp³-hybridized carbons (Fsp3) is 0.818. The van der Waals surface area contributed by atoms with Gasteiger partial charge in [0.1, 0.15) is 6.04 Å². The van der Waals surface area contributed by atoms with E-state index in [1.807, 2.05) is 0 Å². The van der Waals surface area contributed by atoms with Gasteiger partial charge in [-0.1, -0.05) is 0 Å². The predicted molar refractivity (Wildman–Crippen MR) is 60.9 cm³/mol. The molecule has 0 aliphatic carbocycles. The van der Waals surface area contributed by atoms with Crippen LogP contribution >= 0.6 is 0 Å². The van der Waals surface area contributed by atoms with Crippen molar-refractivity contribution in [2.75, 3.05) is 26.2 Å². The molecule has 0 radical (unpaired) electrons. The molecule has 2 aliphatic heterocycles. The van der Waals surface area contributed by atoms with Gasteiger partial charge >= 0.3 is 12.0 Å². The highest BCUT2D eigenvalue weighted by Gasteiger charge is 2.41. The van der Waals surface area contributed by atoms with Crippen molar-refractivity contribution in [1.82, 2.24) is 9.80 Å². The number of nitrogens with zero attached hydrogens (tertiary/aromatic N) is 2. The Bertz CT molecular complexity index is 348. The zero-order chi connectivity index (χ0) is 13.3. The van der Waals surface area contributed by atoms with E-state index < -0.39 is 18.1 Å². The van der Waals surface area contributed by atoms with Crippen LogP contribution in [-0.4, -0.2) is 75.5 Å². The highest BCUT2D eigenvalue weighted by molar-refractivity contribution is 5.83. The highest BCUT2D eigenvalue weighted by Crippen LogP contribution is 2.23. The molecule has 0 spiro atoms. The molecule has 2 unspecified atom stereocenters. The molecule has 2 saturated heterocycles. The second-order valence-corrected chi connectivity index (χ2v) is 4.96. The SMILES string of the molecule is O=C(O)[C@@H]1CC(O)CN1C(=O)N1CCC(CO)C1. The number of aliphatic hydroxyl groups excluding tert-OH is 2. The van der Waals surface area contributed by atoms with E-state index in [2.05, 4.69) is 0 Å². The number of carboxylic acids is 1. The third-order valence-electron chi connectivity index (χ3n) is 3.62. The fourth-order valence-electron chi connectivity index (χ4n) is 2.60. The van der Waals surface area contributed by atoms with Gasteiger partial charge in [-0.2, -0.15) is 0 Å². The van der Waals surface area contributed by atoms with Crippen molar-refractivity contribution in [1.29, 1.82) is 0 Å². The number of carboxylic acid groups (broad SMARTS) is 1. The number of hydrogen-bond donors (Lipinski definition) is 3. The molecule has 0 aromatic rings. The number of amides is 2. The molecule has 2 fully saturated rings. The zero-order valence-corrected chi connectivity index (χ0v) is 10.0. The fourth-order valence-corrected chi connectivity index (χ4v) is 2.60. The summed E-state index contributed by atoms with van der Waals surface area (Å²) in [7, 11) is 0. The van der Waals surface area contributed by atoms with E-state index >= 15 is 0 Å². The van der Waals surface area contributed by atoms with Crippen molar-refractivity contribution in [2.24, 2.45) is 5.92 Å². The number of carbonyl (C=O) groups excluding carboxylic acids is 1. The summed E-state index contributed by atoms with van der Waals surface area (Å²) in [6.07, 6.45) is 0.0422. The lowest BCUT2D eigenvalue weighted by Crippen LogP contribution is -2.47. The van der Waals surface area contributed by atoms with Crippen LogP contribution in [0, 0.1) is 5.92 Å². The topological polar surface area (TPSA) is 101 Å². The van der Waals surface area contributed by atoms with Gasteiger partial charge in [0.05, 0.1) is 6.10 Å². The first-order valence-electron chi connectivity index (χ1n) is 6.10. The van der Waals surface area contributed by atoms with Crippen molar-refractivity contribution in [3.63, 3.8) is 0 Å². The minimum atomic E-state index is -1.09. The van der Waals surface area contributed by atoms with Crippen molar-refractivity contribution in [3.8, 4) is 0 Å². The lowest BCUT2D eigenvalue weighted by Gasteiger charge is -2.27. The normalized spacial score (nSPS) is 32.0. The van der Waals surface area contributed by atoms with E-state index in [0.29, 0.717) is 13.1 Å². The molecule has 0 aromatic heterocycles. The summed E-state index contributed by atoms with van der Waals surface area (Å²) in [6.45, 7) is 1.09. The first kappa shape index (κ1) is 13.1. The maximum absolute atomic E-state index is 12.2. The van der Waals surface area contributed by atoms with E-state index in [1.165, 1.54) is 4.90 Å². The summed E-state index contributed by atoms with van der Waals surface area (Å²) in [4.78, 5) is 26.0.